The van der Waals surface area contributed by atoms with E-state index in [-0.39, 0.29) is 10.9 Å². The predicted octanol–water partition coefficient (Wildman–Crippen LogP) is 4.37. The topological polar surface area (TPSA) is 60.9 Å². The maximum Gasteiger partial charge on any atom is 0.416 e. The van der Waals surface area contributed by atoms with Gasteiger partial charge in [-0.15, -0.1) is 0 Å². The number of aromatic nitrogens is 2. The highest BCUT2D eigenvalue weighted by Crippen LogP contribution is 2.31. The summed E-state index contributed by atoms with van der Waals surface area (Å²) in [4.78, 5) is 17.2. The van der Waals surface area contributed by atoms with E-state index in [1.54, 1.807) is 26.0 Å². The largest absolute Gasteiger partial charge is 0.416 e. The first-order valence-electron chi connectivity index (χ1n) is 7.26. The van der Waals surface area contributed by atoms with E-state index in [1.807, 2.05) is 0 Å². The summed E-state index contributed by atoms with van der Waals surface area (Å²) in [5.41, 5.74) is 6.26. The van der Waals surface area contributed by atoms with Gasteiger partial charge < -0.3 is 5.73 Å². The fourth-order valence-electron chi connectivity index (χ4n) is 2.70. The van der Waals surface area contributed by atoms with E-state index in [0.717, 1.165) is 17.7 Å². The Kier molecular flexibility index (Phi) is 4.10. The first kappa shape index (κ1) is 17.5. The van der Waals surface area contributed by atoms with Crippen LogP contribution in [0.3, 0.4) is 0 Å². The molecular formula is C17H13BrF3N3O. The molecule has 0 aliphatic heterocycles. The summed E-state index contributed by atoms with van der Waals surface area (Å²) < 4.78 is 40.8. The van der Waals surface area contributed by atoms with Gasteiger partial charge >= 0.3 is 6.18 Å². The van der Waals surface area contributed by atoms with Crippen molar-refractivity contribution in [2.75, 3.05) is 5.73 Å². The van der Waals surface area contributed by atoms with Crippen molar-refractivity contribution in [3.63, 3.8) is 0 Å². The number of hydrogen-bond donors (Lipinski definition) is 1. The highest BCUT2D eigenvalue weighted by atomic mass is 79.9. The van der Waals surface area contributed by atoms with E-state index < -0.39 is 17.3 Å². The molecule has 3 aromatic rings. The van der Waals surface area contributed by atoms with Crippen LogP contribution in [0.5, 0.6) is 0 Å². The maximum absolute atomic E-state index is 13.0. The number of nitrogen functional groups attached to an aromatic ring is 1. The second kappa shape index (κ2) is 5.87. The van der Waals surface area contributed by atoms with Crippen LogP contribution in [0.25, 0.3) is 16.6 Å². The molecular weight excluding hydrogens is 399 g/mol. The van der Waals surface area contributed by atoms with Crippen molar-refractivity contribution in [2.45, 2.75) is 20.0 Å². The summed E-state index contributed by atoms with van der Waals surface area (Å²) in [6, 6.07) is 6.25. The van der Waals surface area contributed by atoms with Crippen LogP contribution < -0.4 is 11.3 Å². The van der Waals surface area contributed by atoms with Gasteiger partial charge in [0, 0.05) is 10.2 Å². The third-order valence-electron chi connectivity index (χ3n) is 3.86. The Balaban J connectivity index is 2.39. The van der Waals surface area contributed by atoms with E-state index in [2.05, 4.69) is 20.9 Å². The van der Waals surface area contributed by atoms with Crippen molar-refractivity contribution < 1.29 is 13.2 Å². The smallest absolute Gasteiger partial charge is 0.399 e. The number of alkyl halides is 3. The van der Waals surface area contributed by atoms with Gasteiger partial charge in [-0.2, -0.15) is 13.2 Å². The number of nitrogens with zero attached hydrogens (tertiary/aromatic N) is 2. The number of benzene rings is 2. The first-order chi connectivity index (χ1) is 11.6. The van der Waals surface area contributed by atoms with Crippen molar-refractivity contribution in [3.05, 3.63) is 62.1 Å². The quantitative estimate of drug-likeness (QED) is 0.604. The monoisotopic (exact) mass is 411 g/mol. The molecule has 25 heavy (non-hydrogen) atoms. The van der Waals surface area contributed by atoms with Gasteiger partial charge in [0.1, 0.15) is 5.82 Å². The van der Waals surface area contributed by atoms with Crippen LogP contribution in [-0.2, 0) is 6.18 Å². The summed E-state index contributed by atoms with van der Waals surface area (Å²) in [6.07, 6.45) is -4.54. The van der Waals surface area contributed by atoms with Gasteiger partial charge in [0.05, 0.1) is 22.2 Å². The minimum absolute atomic E-state index is 0.104. The number of nitrogens with two attached hydrogens (primary N) is 1. The molecule has 1 heterocycles. The zero-order chi connectivity index (χ0) is 18.5. The lowest BCUT2D eigenvalue weighted by Gasteiger charge is -2.15. The number of hydrogen-bond acceptors (Lipinski definition) is 3. The van der Waals surface area contributed by atoms with E-state index >= 15 is 0 Å². The minimum Gasteiger partial charge on any atom is -0.399 e. The Morgan fingerprint density at radius 3 is 2.48 bits per heavy atom. The molecule has 1 aromatic heterocycles. The fraction of sp³-hybridized carbons (Fsp3) is 0.176. The fourth-order valence-corrected chi connectivity index (χ4v) is 3.10. The van der Waals surface area contributed by atoms with Gasteiger partial charge in [-0.25, -0.2) is 4.98 Å². The molecule has 0 aliphatic carbocycles. The van der Waals surface area contributed by atoms with Gasteiger partial charge in [-0.1, -0.05) is 0 Å². The van der Waals surface area contributed by atoms with Gasteiger partial charge in [0.15, 0.2) is 0 Å². The molecule has 0 spiro atoms. The van der Waals surface area contributed by atoms with Crippen LogP contribution in [0.15, 0.2) is 39.6 Å². The molecule has 0 unspecified atom stereocenters. The molecule has 2 aromatic carbocycles. The van der Waals surface area contributed by atoms with Crippen LogP contribution in [-0.4, -0.2) is 9.55 Å². The summed E-state index contributed by atoms with van der Waals surface area (Å²) in [5, 5.41) is -0.104. The zero-order valence-corrected chi connectivity index (χ0v) is 14.9. The molecule has 0 amide bonds. The Hall–Kier alpha value is -2.35. The summed E-state index contributed by atoms with van der Waals surface area (Å²) in [7, 11) is 0. The standard InChI is InChI=1S/C17H13BrF3N3O/c1-8-5-11(22)7-14(15(8)18)24-9(2)23-13-4-3-10(17(19,20)21)6-12(13)16(24)25/h3-7H,22H2,1-2H3. The van der Waals surface area contributed by atoms with Crippen LogP contribution >= 0.6 is 15.9 Å². The lowest BCUT2D eigenvalue weighted by atomic mass is 10.1. The Labute approximate surface area is 149 Å². The molecule has 130 valence electrons. The Morgan fingerprint density at radius 1 is 1.16 bits per heavy atom. The van der Waals surface area contributed by atoms with E-state index in [4.69, 9.17) is 5.73 Å². The molecule has 0 saturated heterocycles. The van der Waals surface area contributed by atoms with Gasteiger partial charge in [0.25, 0.3) is 5.56 Å². The van der Waals surface area contributed by atoms with Gasteiger partial charge in [-0.3, -0.25) is 9.36 Å². The average Bonchev–Trinajstić information content (AvgIpc) is 2.50. The molecule has 4 nitrogen and oxygen atoms in total. The third kappa shape index (κ3) is 3.02. The summed E-state index contributed by atoms with van der Waals surface area (Å²) in [5.74, 6) is 0.350. The molecule has 3 rings (SSSR count). The Bertz CT molecular complexity index is 1060. The molecule has 0 atom stereocenters. The van der Waals surface area contributed by atoms with Crippen LogP contribution in [0.1, 0.15) is 17.0 Å². The van der Waals surface area contributed by atoms with Gasteiger partial charge in [0.2, 0.25) is 0 Å². The second-order valence-electron chi connectivity index (χ2n) is 5.70. The molecule has 0 aliphatic rings. The number of rotatable bonds is 1. The highest BCUT2D eigenvalue weighted by molar-refractivity contribution is 9.10. The zero-order valence-electron chi connectivity index (χ0n) is 13.3. The van der Waals surface area contributed by atoms with E-state index in [9.17, 15) is 18.0 Å². The Morgan fingerprint density at radius 2 is 1.84 bits per heavy atom. The van der Waals surface area contributed by atoms with Crippen molar-refractivity contribution in [2.24, 2.45) is 0 Å². The van der Waals surface area contributed by atoms with Gasteiger partial charge in [-0.05, 0) is 65.7 Å². The van der Waals surface area contributed by atoms with E-state index in [1.165, 1.54) is 10.6 Å². The molecule has 2 N–H and O–H groups in total. The molecule has 8 heteroatoms. The normalized spacial score (nSPS) is 11.9. The van der Waals surface area contributed by atoms with E-state index in [0.29, 0.717) is 21.7 Å². The predicted molar refractivity (Wildman–Crippen MR) is 93.9 cm³/mol. The van der Waals surface area contributed by atoms with Crippen molar-refractivity contribution in [1.82, 2.24) is 9.55 Å². The summed E-state index contributed by atoms with van der Waals surface area (Å²) >= 11 is 3.41. The third-order valence-corrected chi connectivity index (χ3v) is 4.89. The van der Waals surface area contributed by atoms with Crippen LogP contribution in [0.2, 0.25) is 0 Å². The molecule has 0 fully saturated rings. The number of anilines is 1. The van der Waals surface area contributed by atoms with Crippen molar-refractivity contribution in [3.8, 4) is 5.69 Å². The lowest BCUT2D eigenvalue weighted by molar-refractivity contribution is -0.137. The number of halogens is 4. The lowest BCUT2D eigenvalue weighted by Crippen LogP contribution is -2.23. The van der Waals surface area contributed by atoms with Crippen LogP contribution in [0.4, 0.5) is 18.9 Å². The average molecular weight is 412 g/mol. The second-order valence-corrected chi connectivity index (χ2v) is 6.49. The number of aryl methyl sites for hydroxylation is 2. The maximum atomic E-state index is 13.0. The highest BCUT2D eigenvalue weighted by Gasteiger charge is 2.31. The number of fused-ring (bicyclic) bond motifs is 1. The minimum atomic E-state index is -4.54. The summed E-state index contributed by atoms with van der Waals surface area (Å²) in [6.45, 7) is 3.42. The molecule has 0 bridgehead atoms. The van der Waals surface area contributed by atoms with Crippen molar-refractivity contribution >= 4 is 32.5 Å². The van der Waals surface area contributed by atoms with Crippen LogP contribution in [0, 0.1) is 13.8 Å². The molecule has 0 saturated carbocycles. The first-order valence-corrected chi connectivity index (χ1v) is 8.05. The van der Waals surface area contributed by atoms with Crippen molar-refractivity contribution in [1.29, 1.82) is 0 Å². The molecule has 0 radical (unpaired) electrons. The SMILES string of the molecule is Cc1cc(N)cc(-n2c(C)nc3ccc(C(F)(F)F)cc3c2=O)c1Br.